The number of hydrogen-bond donors (Lipinski definition) is 1. The highest BCUT2D eigenvalue weighted by Gasteiger charge is 2.30. The summed E-state index contributed by atoms with van der Waals surface area (Å²) in [6, 6.07) is 21.1. The molecule has 0 fully saturated rings. The minimum Gasteiger partial charge on any atom is -0.497 e. The molecule has 9 heteroatoms. The van der Waals surface area contributed by atoms with Gasteiger partial charge in [-0.3, -0.25) is 9.10 Å². The number of para-hydroxylation sites is 1. The summed E-state index contributed by atoms with van der Waals surface area (Å²) < 4.78 is 39.1. The minimum absolute atomic E-state index is 0.0737. The van der Waals surface area contributed by atoms with Gasteiger partial charge >= 0.3 is 0 Å². The monoisotopic (exact) mass is 497 g/mol. The molecule has 0 saturated heterocycles. The van der Waals surface area contributed by atoms with Gasteiger partial charge in [-0.05, 0) is 43.3 Å². The van der Waals surface area contributed by atoms with Crippen LogP contribution in [0.5, 0.6) is 11.5 Å². The smallest absolute Gasteiger partial charge is 0.264 e. The van der Waals surface area contributed by atoms with Crippen LogP contribution in [0.15, 0.2) is 77.7 Å². The van der Waals surface area contributed by atoms with E-state index in [4.69, 9.17) is 9.47 Å². The number of amides is 1. The van der Waals surface area contributed by atoms with E-state index in [0.717, 1.165) is 15.6 Å². The Morgan fingerprint density at radius 2 is 1.63 bits per heavy atom. The first-order valence-electron chi connectivity index (χ1n) is 11.1. The molecule has 35 heavy (non-hydrogen) atoms. The number of likely N-dealkylation sites (N-methyl/N-ethyl adjacent to an activating group) is 1. The Bertz CT molecular complexity index is 1230. The van der Waals surface area contributed by atoms with Crippen molar-refractivity contribution in [3.8, 4) is 11.5 Å². The van der Waals surface area contributed by atoms with E-state index in [0.29, 0.717) is 24.6 Å². The molecule has 0 heterocycles. The molecular weight excluding hydrogens is 466 g/mol. The Morgan fingerprint density at radius 1 is 0.943 bits per heavy atom. The third kappa shape index (κ3) is 6.45. The highest BCUT2D eigenvalue weighted by molar-refractivity contribution is 7.92. The first-order chi connectivity index (χ1) is 16.8. The number of benzene rings is 3. The van der Waals surface area contributed by atoms with E-state index in [1.54, 1.807) is 30.3 Å². The number of methoxy groups -OCH3 is 2. The van der Waals surface area contributed by atoms with Gasteiger partial charge in [0, 0.05) is 31.9 Å². The number of rotatable bonds is 11. The number of carbonyl (C=O) groups excluding carboxylic acids is 1. The van der Waals surface area contributed by atoms with Gasteiger partial charge in [0.1, 0.15) is 18.0 Å². The van der Waals surface area contributed by atoms with E-state index in [1.165, 1.54) is 26.4 Å². The molecule has 0 atom stereocenters. The fraction of sp³-hybridized carbons (Fsp3) is 0.269. The van der Waals surface area contributed by atoms with Gasteiger partial charge in [-0.25, -0.2) is 8.42 Å². The first kappa shape index (κ1) is 25.9. The summed E-state index contributed by atoms with van der Waals surface area (Å²) in [5, 5.41) is 2.82. The van der Waals surface area contributed by atoms with Gasteiger partial charge in [0.15, 0.2) is 0 Å². The number of nitrogens with one attached hydrogen (secondary N) is 1. The van der Waals surface area contributed by atoms with Gasteiger partial charge in [0.25, 0.3) is 10.0 Å². The molecule has 0 spiro atoms. The minimum atomic E-state index is -4.08. The van der Waals surface area contributed by atoms with Crippen molar-refractivity contribution >= 4 is 27.3 Å². The predicted molar refractivity (Wildman–Crippen MR) is 138 cm³/mol. The molecular formula is C26H31N3O5S. The standard InChI is InChI=1S/C26H31N3O5S/c1-20-10-13-23(14-11-20)35(31,32)29(24-18-22(33-3)12-15-25(24)34-4)19-26(30)27-16-17-28(2)21-8-6-5-7-9-21/h5-15,18H,16-17,19H2,1-4H3,(H,27,30). The van der Waals surface area contributed by atoms with E-state index in [2.05, 4.69) is 5.32 Å². The largest absolute Gasteiger partial charge is 0.497 e. The Morgan fingerprint density at radius 3 is 2.26 bits per heavy atom. The average molecular weight is 498 g/mol. The second-order valence-corrected chi connectivity index (χ2v) is 9.83. The number of carbonyl (C=O) groups is 1. The molecule has 1 amide bonds. The van der Waals surface area contributed by atoms with Crippen molar-refractivity contribution in [2.45, 2.75) is 11.8 Å². The van der Waals surface area contributed by atoms with Crippen molar-refractivity contribution in [3.63, 3.8) is 0 Å². The van der Waals surface area contributed by atoms with E-state index >= 15 is 0 Å². The van der Waals surface area contributed by atoms with Crippen LogP contribution >= 0.6 is 0 Å². The molecule has 0 aromatic heterocycles. The fourth-order valence-corrected chi connectivity index (χ4v) is 4.91. The second-order valence-electron chi connectivity index (χ2n) is 7.97. The van der Waals surface area contributed by atoms with Crippen LogP contribution in [0, 0.1) is 6.92 Å². The molecule has 0 unspecified atom stereocenters. The third-order valence-corrected chi connectivity index (χ3v) is 7.29. The maximum Gasteiger partial charge on any atom is 0.264 e. The molecule has 0 radical (unpaired) electrons. The molecule has 186 valence electrons. The van der Waals surface area contributed by atoms with Crippen LogP contribution in [-0.2, 0) is 14.8 Å². The molecule has 8 nitrogen and oxygen atoms in total. The normalized spacial score (nSPS) is 11.0. The summed E-state index contributed by atoms with van der Waals surface area (Å²) in [6.07, 6.45) is 0. The SMILES string of the molecule is COc1ccc(OC)c(N(CC(=O)NCCN(C)c2ccccc2)S(=O)(=O)c2ccc(C)cc2)c1. The summed E-state index contributed by atoms with van der Waals surface area (Å²) in [4.78, 5) is 15.0. The summed E-state index contributed by atoms with van der Waals surface area (Å²) >= 11 is 0. The molecule has 3 aromatic rings. The number of hydrogen-bond acceptors (Lipinski definition) is 6. The third-order valence-electron chi connectivity index (χ3n) is 5.52. The molecule has 1 N–H and O–H groups in total. The van der Waals surface area contributed by atoms with Crippen LogP contribution < -0.4 is 24.0 Å². The zero-order valence-electron chi connectivity index (χ0n) is 20.4. The molecule has 0 aliphatic carbocycles. The van der Waals surface area contributed by atoms with Crippen molar-refractivity contribution < 1.29 is 22.7 Å². The van der Waals surface area contributed by atoms with E-state index < -0.39 is 22.5 Å². The molecule has 0 bridgehead atoms. The Labute approximate surface area is 207 Å². The number of aryl methyl sites for hydroxylation is 1. The van der Waals surface area contributed by atoms with Crippen molar-refractivity contribution in [3.05, 3.63) is 78.4 Å². The zero-order chi connectivity index (χ0) is 25.4. The van der Waals surface area contributed by atoms with E-state index in [1.807, 2.05) is 49.2 Å². The average Bonchev–Trinajstić information content (AvgIpc) is 2.87. The molecule has 0 aliphatic heterocycles. The Kier molecular flexibility index (Phi) is 8.59. The van der Waals surface area contributed by atoms with Crippen LogP contribution in [0.1, 0.15) is 5.56 Å². The molecule has 3 aromatic carbocycles. The van der Waals surface area contributed by atoms with Crippen LogP contribution in [0.4, 0.5) is 11.4 Å². The first-order valence-corrected chi connectivity index (χ1v) is 12.5. The van der Waals surface area contributed by atoms with Crippen LogP contribution in [0.3, 0.4) is 0 Å². The Hall–Kier alpha value is -3.72. The molecule has 3 rings (SSSR count). The highest BCUT2D eigenvalue weighted by atomic mass is 32.2. The van der Waals surface area contributed by atoms with Gasteiger partial charge in [0.2, 0.25) is 5.91 Å². The van der Waals surface area contributed by atoms with Gasteiger partial charge in [-0.15, -0.1) is 0 Å². The summed E-state index contributed by atoms with van der Waals surface area (Å²) in [6.45, 7) is 2.36. The fourth-order valence-electron chi connectivity index (χ4n) is 3.49. The van der Waals surface area contributed by atoms with Crippen molar-refractivity contribution in [2.75, 3.05) is 50.1 Å². The second kappa shape index (κ2) is 11.6. The summed E-state index contributed by atoms with van der Waals surface area (Å²) in [5.41, 5.74) is 2.16. The maximum atomic E-state index is 13.7. The highest BCUT2D eigenvalue weighted by Crippen LogP contribution is 2.35. The lowest BCUT2D eigenvalue weighted by Gasteiger charge is -2.26. The van der Waals surface area contributed by atoms with Crippen molar-refractivity contribution in [1.82, 2.24) is 5.32 Å². The van der Waals surface area contributed by atoms with Crippen molar-refractivity contribution in [1.29, 1.82) is 0 Å². The molecule has 0 aliphatic rings. The van der Waals surface area contributed by atoms with Gasteiger partial charge < -0.3 is 19.7 Å². The number of nitrogens with zero attached hydrogens (tertiary/aromatic N) is 2. The van der Waals surface area contributed by atoms with E-state index in [-0.39, 0.29) is 10.6 Å². The molecule has 0 saturated carbocycles. The van der Waals surface area contributed by atoms with Crippen LogP contribution in [0.25, 0.3) is 0 Å². The number of sulfonamides is 1. The van der Waals surface area contributed by atoms with E-state index in [9.17, 15) is 13.2 Å². The summed E-state index contributed by atoms with van der Waals surface area (Å²) in [5.74, 6) is 0.305. The van der Waals surface area contributed by atoms with Crippen LogP contribution in [0.2, 0.25) is 0 Å². The quantitative estimate of drug-likeness (QED) is 0.437. The Balaban J connectivity index is 1.85. The predicted octanol–water partition coefficient (Wildman–Crippen LogP) is 3.46. The number of anilines is 2. The maximum absolute atomic E-state index is 13.7. The van der Waals surface area contributed by atoms with Gasteiger partial charge in [-0.2, -0.15) is 0 Å². The number of ether oxygens (including phenoxy) is 2. The van der Waals surface area contributed by atoms with Crippen LogP contribution in [-0.4, -0.2) is 55.2 Å². The van der Waals surface area contributed by atoms with Gasteiger partial charge in [0.05, 0.1) is 24.8 Å². The lowest BCUT2D eigenvalue weighted by molar-refractivity contribution is -0.119. The van der Waals surface area contributed by atoms with Gasteiger partial charge in [-0.1, -0.05) is 35.9 Å². The lowest BCUT2D eigenvalue weighted by atomic mass is 10.2. The topological polar surface area (TPSA) is 88.2 Å². The zero-order valence-corrected chi connectivity index (χ0v) is 21.2. The lowest BCUT2D eigenvalue weighted by Crippen LogP contribution is -2.42. The van der Waals surface area contributed by atoms with Crippen molar-refractivity contribution in [2.24, 2.45) is 0 Å². The summed E-state index contributed by atoms with van der Waals surface area (Å²) in [7, 11) is 0.778.